The van der Waals surface area contributed by atoms with Gasteiger partial charge in [0, 0.05) is 14.1 Å². The first kappa shape index (κ1) is 11.8. The van der Waals surface area contributed by atoms with E-state index in [1.54, 1.807) is 17.3 Å². The lowest BCUT2D eigenvalue weighted by molar-refractivity contribution is 0.112. The summed E-state index contributed by atoms with van der Waals surface area (Å²) in [6.45, 7) is 0. The molecule has 0 saturated heterocycles. The lowest BCUT2D eigenvalue weighted by Crippen LogP contribution is -2.06. The van der Waals surface area contributed by atoms with E-state index in [9.17, 15) is 4.79 Å². The smallest absolute Gasteiger partial charge is 0.160 e. The molecule has 0 amide bonds. The standard InChI is InChI=1S/C9H9N3OS2/c1-12(2)6-11-9-8(14-5-10)3-7(4-13)15-9/h3-4,6H,1-2H3. The van der Waals surface area contributed by atoms with E-state index in [0.717, 1.165) is 22.9 Å². The van der Waals surface area contributed by atoms with Crippen molar-refractivity contribution in [3.8, 4) is 5.40 Å². The monoisotopic (exact) mass is 239 g/mol. The molecule has 0 radical (unpaired) electrons. The Labute approximate surface area is 96.2 Å². The van der Waals surface area contributed by atoms with E-state index in [-0.39, 0.29) is 0 Å². The third-order valence-electron chi connectivity index (χ3n) is 1.38. The molecular formula is C9H9N3OS2. The van der Waals surface area contributed by atoms with Crippen LogP contribution in [0.15, 0.2) is 16.0 Å². The van der Waals surface area contributed by atoms with Crippen LogP contribution in [0.1, 0.15) is 9.67 Å². The number of hydrogen-bond donors (Lipinski definition) is 0. The molecule has 4 nitrogen and oxygen atoms in total. The van der Waals surface area contributed by atoms with Crippen LogP contribution in [-0.4, -0.2) is 31.6 Å². The summed E-state index contributed by atoms with van der Waals surface area (Å²) in [5, 5.41) is 11.2. The zero-order valence-corrected chi connectivity index (χ0v) is 9.93. The molecule has 78 valence electrons. The van der Waals surface area contributed by atoms with Crippen LogP contribution >= 0.6 is 23.1 Å². The van der Waals surface area contributed by atoms with Gasteiger partial charge in [0.15, 0.2) is 6.29 Å². The van der Waals surface area contributed by atoms with Gasteiger partial charge in [0.1, 0.15) is 10.4 Å². The predicted molar refractivity (Wildman–Crippen MR) is 63.0 cm³/mol. The van der Waals surface area contributed by atoms with Gasteiger partial charge in [-0.25, -0.2) is 4.99 Å². The van der Waals surface area contributed by atoms with Crippen molar-refractivity contribution in [3.05, 3.63) is 10.9 Å². The second-order valence-electron chi connectivity index (χ2n) is 2.84. The van der Waals surface area contributed by atoms with E-state index in [0.29, 0.717) is 9.88 Å². The molecule has 1 aromatic rings. The van der Waals surface area contributed by atoms with Crippen molar-refractivity contribution >= 4 is 40.7 Å². The van der Waals surface area contributed by atoms with Crippen LogP contribution in [0.2, 0.25) is 0 Å². The third kappa shape index (κ3) is 3.38. The Bertz CT molecular complexity index is 417. The maximum absolute atomic E-state index is 10.6. The van der Waals surface area contributed by atoms with Crippen LogP contribution in [-0.2, 0) is 0 Å². The number of carbonyl (C=O) groups is 1. The zero-order valence-electron chi connectivity index (χ0n) is 8.30. The molecule has 0 aromatic carbocycles. The first-order valence-electron chi connectivity index (χ1n) is 4.03. The van der Waals surface area contributed by atoms with E-state index in [1.807, 2.05) is 19.5 Å². The Kier molecular flexibility index (Phi) is 4.34. The molecule has 0 bridgehead atoms. The molecule has 1 heterocycles. The zero-order chi connectivity index (χ0) is 11.3. The van der Waals surface area contributed by atoms with Gasteiger partial charge in [-0.05, 0) is 17.8 Å². The summed E-state index contributed by atoms with van der Waals surface area (Å²) in [5.74, 6) is 0. The molecule has 0 aliphatic heterocycles. The van der Waals surface area contributed by atoms with Crippen molar-refractivity contribution in [3.63, 3.8) is 0 Å². The van der Waals surface area contributed by atoms with Crippen molar-refractivity contribution in [2.45, 2.75) is 4.90 Å². The normalized spacial score (nSPS) is 10.2. The van der Waals surface area contributed by atoms with E-state index in [1.165, 1.54) is 11.3 Å². The highest BCUT2D eigenvalue weighted by Crippen LogP contribution is 2.36. The number of nitrogens with zero attached hydrogens (tertiary/aromatic N) is 3. The highest BCUT2D eigenvalue weighted by atomic mass is 32.2. The second kappa shape index (κ2) is 5.53. The van der Waals surface area contributed by atoms with Crippen molar-refractivity contribution < 1.29 is 4.79 Å². The Balaban J connectivity index is 2.99. The molecule has 15 heavy (non-hydrogen) atoms. The number of aldehydes is 1. The minimum Gasteiger partial charge on any atom is -0.369 e. The van der Waals surface area contributed by atoms with E-state index >= 15 is 0 Å². The van der Waals surface area contributed by atoms with Gasteiger partial charge in [-0.15, -0.1) is 11.3 Å². The fourth-order valence-electron chi connectivity index (χ4n) is 0.821. The number of thiocyanates is 1. The molecule has 1 aromatic heterocycles. The second-order valence-corrected chi connectivity index (χ2v) is 4.73. The first-order valence-corrected chi connectivity index (χ1v) is 5.66. The van der Waals surface area contributed by atoms with Gasteiger partial charge in [-0.2, -0.15) is 5.26 Å². The molecule has 0 atom stereocenters. The van der Waals surface area contributed by atoms with Gasteiger partial charge in [0.05, 0.1) is 16.1 Å². The number of hydrogen-bond acceptors (Lipinski definition) is 5. The van der Waals surface area contributed by atoms with Crippen LogP contribution in [0.25, 0.3) is 0 Å². The largest absolute Gasteiger partial charge is 0.369 e. The molecule has 1 rings (SSSR count). The molecule has 0 unspecified atom stereocenters. The van der Waals surface area contributed by atoms with Crippen molar-refractivity contribution in [2.24, 2.45) is 4.99 Å². The Morgan fingerprint density at radius 1 is 1.67 bits per heavy atom. The maximum atomic E-state index is 10.6. The summed E-state index contributed by atoms with van der Waals surface area (Å²) in [5.41, 5.74) is 0. The summed E-state index contributed by atoms with van der Waals surface area (Å²) in [6.07, 6.45) is 2.41. The lowest BCUT2D eigenvalue weighted by atomic mass is 10.5. The van der Waals surface area contributed by atoms with Gasteiger partial charge in [0.2, 0.25) is 0 Å². The number of nitriles is 1. The van der Waals surface area contributed by atoms with Crippen LogP contribution < -0.4 is 0 Å². The van der Waals surface area contributed by atoms with Gasteiger partial charge in [0.25, 0.3) is 0 Å². The molecule has 0 N–H and O–H groups in total. The Morgan fingerprint density at radius 2 is 2.40 bits per heavy atom. The van der Waals surface area contributed by atoms with Gasteiger partial charge in [-0.1, -0.05) is 0 Å². The quantitative estimate of drug-likeness (QED) is 0.266. The minimum absolute atomic E-state index is 0.582. The fraction of sp³-hybridized carbons (Fsp3) is 0.222. The average molecular weight is 239 g/mol. The minimum atomic E-state index is 0.582. The van der Waals surface area contributed by atoms with Crippen LogP contribution in [0.3, 0.4) is 0 Å². The molecular weight excluding hydrogens is 230 g/mol. The summed E-state index contributed by atoms with van der Waals surface area (Å²) in [6, 6.07) is 1.67. The van der Waals surface area contributed by atoms with Crippen molar-refractivity contribution in [1.82, 2.24) is 4.90 Å². The first-order chi connectivity index (χ1) is 7.17. The summed E-state index contributed by atoms with van der Waals surface area (Å²) in [4.78, 5) is 17.9. The number of aliphatic imine (C=N–C) groups is 1. The molecule has 0 aliphatic carbocycles. The molecule has 6 heteroatoms. The Hall–Kier alpha value is -1.32. The predicted octanol–water partition coefficient (Wildman–Crippen LogP) is 2.36. The summed E-state index contributed by atoms with van der Waals surface area (Å²) < 4.78 is 0. The van der Waals surface area contributed by atoms with Crippen LogP contribution in [0.4, 0.5) is 5.00 Å². The molecule has 0 aliphatic rings. The lowest BCUT2D eigenvalue weighted by Gasteiger charge is -2.01. The van der Waals surface area contributed by atoms with Crippen molar-refractivity contribution in [2.75, 3.05) is 14.1 Å². The fourth-order valence-corrected chi connectivity index (χ4v) is 2.28. The number of carbonyl (C=O) groups excluding carboxylic acids is 1. The molecule has 0 fully saturated rings. The highest BCUT2D eigenvalue weighted by Gasteiger charge is 2.07. The van der Waals surface area contributed by atoms with Crippen molar-refractivity contribution in [1.29, 1.82) is 5.26 Å². The summed E-state index contributed by atoms with van der Waals surface area (Å²) >= 11 is 2.29. The SMILES string of the molecule is CN(C)C=Nc1sc(C=O)cc1SC#N. The van der Waals surface area contributed by atoms with Gasteiger partial charge < -0.3 is 4.90 Å². The average Bonchev–Trinajstić information content (AvgIpc) is 2.58. The van der Waals surface area contributed by atoms with Crippen LogP contribution in [0, 0.1) is 10.7 Å². The van der Waals surface area contributed by atoms with Gasteiger partial charge in [-0.3, -0.25) is 4.79 Å². The third-order valence-corrected chi connectivity index (χ3v) is 3.10. The number of thioether (sulfide) groups is 1. The Morgan fingerprint density at radius 3 is 2.93 bits per heavy atom. The molecule has 0 saturated carbocycles. The number of thiophene rings is 1. The molecule has 0 spiro atoms. The van der Waals surface area contributed by atoms with Crippen LogP contribution in [0.5, 0.6) is 0 Å². The highest BCUT2D eigenvalue weighted by molar-refractivity contribution is 8.04. The topological polar surface area (TPSA) is 56.5 Å². The van der Waals surface area contributed by atoms with E-state index in [2.05, 4.69) is 4.99 Å². The number of rotatable bonds is 4. The summed E-state index contributed by atoms with van der Waals surface area (Å²) in [7, 11) is 3.71. The van der Waals surface area contributed by atoms with E-state index < -0.39 is 0 Å². The maximum Gasteiger partial charge on any atom is 0.160 e. The van der Waals surface area contributed by atoms with E-state index in [4.69, 9.17) is 5.26 Å². The van der Waals surface area contributed by atoms with Gasteiger partial charge >= 0.3 is 0 Å².